The molecule has 0 atom stereocenters. The van der Waals surface area contributed by atoms with Gasteiger partial charge in [0.15, 0.2) is 0 Å². The van der Waals surface area contributed by atoms with Crippen LogP contribution < -0.4 is 0 Å². The molecule has 0 aromatic heterocycles. The molecule has 2 rings (SSSR count). The summed E-state index contributed by atoms with van der Waals surface area (Å²) in [5.74, 6) is -8.01. The Hall–Kier alpha value is 0.898. The van der Waals surface area contributed by atoms with Crippen molar-refractivity contribution in [1.82, 2.24) is 0 Å². The van der Waals surface area contributed by atoms with Crippen LogP contribution in [0.2, 0.25) is 0 Å². The molecule has 0 radical (unpaired) electrons. The largest absolute Gasteiger partial charge is 2.00 e. The first-order valence-corrected chi connectivity index (χ1v) is 13.7. The molecular weight excluding hydrogens is 1200 g/mol. The summed E-state index contributed by atoms with van der Waals surface area (Å²) in [6.45, 7) is -4.55. The van der Waals surface area contributed by atoms with Crippen LogP contribution in [0.15, 0.2) is 0 Å². The number of nitrogens with zero attached hydrogens (tertiary/aromatic N) is 6. The van der Waals surface area contributed by atoms with E-state index < -0.39 is 148 Å². The number of rotatable bonds is 18. The van der Waals surface area contributed by atoms with Crippen molar-refractivity contribution in [3.05, 3.63) is 31.9 Å². The maximum absolute atomic E-state index is 10.6. The maximum atomic E-state index is 10.6. The van der Waals surface area contributed by atoms with Gasteiger partial charge in [-0.15, -0.1) is 0 Å². The van der Waals surface area contributed by atoms with Crippen LogP contribution in [0.5, 0.6) is 0 Å². The topological polar surface area (TPSA) is 430 Å². The van der Waals surface area contributed by atoms with E-state index in [0.29, 0.717) is 0 Å². The quantitative estimate of drug-likeness (QED) is 0.0631. The third-order valence-corrected chi connectivity index (χ3v) is 6.82. The van der Waals surface area contributed by atoms with Crippen molar-refractivity contribution in [2.75, 3.05) is 39.3 Å². The summed E-state index contributed by atoms with van der Waals surface area (Å²) in [5.41, 5.74) is 0. The van der Waals surface area contributed by atoms with Gasteiger partial charge < -0.3 is 93.2 Å². The summed E-state index contributed by atoms with van der Waals surface area (Å²) < 4.78 is 0. The Morgan fingerprint density at radius 1 is 0.302 bits per heavy atom. The molecule has 0 aromatic rings. The average Bonchev–Trinajstić information content (AvgIpc) is 2.96. The Balaban J connectivity index is -0.000000265. The number of carboxylic acids is 6. The first kappa shape index (κ1) is 63.1. The van der Waals surface area contributed by atoms with Crippen molar-refractivity contribution in [3.8, 4) is 0 Å². The zero-order chi connectivity index (χ0) is 36.9. The van der Waals surface area contributed by atoms with Crippen LogP contribution in [0.1, 0.15) is 14.9 Å². The van der Waals surface area contributed by atoms with Gasteiger partial charge in [-0.1, -0.05) is 51.1 Å². The first-order valence-electron chi connectivity index (χ1n) is 13.7. The van der Waals surface area contributed by atoms with E-state index in [1.807, 2.05) is 0 Å². The van der Waals surface area contributed by atoms with Crippen molar-refractivity contribution in [3.63, 3.8) is 0 Å². The Morgan fingerprint density at radius 2 is 0.396 bits per heavy atom. The van der Waals surface area contributed by atoms with Crippen molar-refractivity contribution in [2.45, 2.75) is 87.7 Å². The minimum absolute atomic E-state index is 0. The van der Waals surface area contributed by atoms with Crippen molar-refractivity contribution >= 4 is 35.8 Å². The van der Waals surface area contributed by atoms with E-state index in [0.717, 1.165) is 0 Å². The third-order valence-electron chi connectivity index (χ3n) is 6.82. The smallest absolute Gasteiger partial charge is 0.646 e. The van der Waals surface area contributed by atoms with Gasteiger partial charge in [-0.2, -0.15) is 0 Å². The second kappa shape index (κ2) is 31.8. The Kier molecular flexibility index (Phi) is 37.9. The molecule has 328 valence electrons. The number of aliphatic carboxylic acids is 6. The van der Waals surface area contributed by atoms with Crippen molar-refractivity contribution in [1.29, 1.82) is 0 Å². The summed E-state index contributed by atoms with van der Waals surface area (Å²) in [6.07, 6.45) is -9.89. The van der Waals surface area contributed by atoms with Crippen LogP contribution in [0.3, 0.4) is 0 Å². The number of hydrogen-bond donors (Lipinski definition) is 12. The molecule has 2 saturated carbocycles. The van der Waals surface area contributed by atoms with Crippen LogP contribution in [0, 0.1) is 141 Å². The Labute approximate surface area is 419 Å². The number of hydrogen-bond acceptors (Lipinski definition) is 12. The number of carbonyl (C=O) groups is 6. The molecule has 0 bridgehead atoms. The van der Waals surface area contributed by atoms with Gasteiger partial charge in [0.2, 0.25) is 0 Å². The normalized spacial score (nSPS) is 30.0. The maximum Gasteiger partial charge on any atom is 2.00 e. The second-order valence-electron chi connectivity index (χ2n) is 10.3. The van der Waals surface area contributed by atoms with E-state index in [1.54, 1.807) is 0 Å². The fourth-order valence-corrected chi connectivity index (χ4v) is 4.82. The van der Waals surface area contributed by atoms with E-state index in [-0.39, 0.29) is 156 Å². The van der Waals surface area contributed by atoms with Gasteiger partial charge in [0.1, 0.15) is 0 Å². The Morgan fingerprint density at radius 3 is 0.472 bits per heavy atom. The summed E-state index contributed by atoms with van der Waals surface area (Å²) in [7, 11) is 0. The molecule has 0 saturated heterocycles. The molecule has 2 fully saturated rings. The number of aliphatic hydroxyl groups is 6. The summed E-state index contributed by atoms with van der Waals surface area (Å²) in [5, 5.41) is 134. The number of carboxylic acid groups (broad SMARTS) is 6. The molecular formula is C26H44N6O18Yb3. The molecule has 53 heavy (non-hydrogen) atoms. The summed E-state index contributed by atoms with van der Waals surface area (Å²) in [6, 6.07) is -8.53. The zero-order valence-corrected chi connectivity index (χ0v) is 30.6. The molecule has 0 spiro atoms. The number of aliphatic hydroxyl groups excluding tert-OH is 6. The fourth-order valence-electron chi connectivity index (χ4n) is 4.82. The summed E-state index contributed by atoms with van der Waals surface area (Å²) >= 11 is 0. The van der Waals surface area contributed by atoms with E-state index in [1.165, 1.54) is 0 Å². The molecule has 0 aromatic carbocycles. The van der Waals surface area contributed by atoms with Crippen molar-refractivity contribution in [2.24, 2.45) is 0 Å². The van der Waals surface area contributed by atoms with E-state index in [2.05, 4.69) is 31.9 Å². The van der Waals surface area contributed by atoms with Gasteiger partial charge in [-0.05, 0) is 39.3 Å². The monoisotopic (exact) mass is 1250 g/mol. The van der Waals surface area contributed by atoms with E-state index >= 15 is 0 Å². The molecule has 2 aliphatic rings. The minimum atomic E-state index is -1.65. The molecule has 27 heteroatoms. The van der Waals surface area contributed by atoms with Crippen LogP contribution in [-0.4, -0.2) is 209 Å². The second-order valence-corrected chi connectivity index (χ2v) is 10.3. The zero-order valence-electron chi connectivity index (χ0n) is 25.5. The Bertz CT molecular complexity index is 895. The van der Waals surface area contributed by atoms with Gasteiger partial charge >= 0.3 is 141 Å². The van der Waals surface area contributed by atoms with Gasteiger partial charge in [-0.25, -0.2) is 0 Å². The molecule has 0 unspecified atom stereocenters. The predicted molar refractivity (Wildman–Crippen MR) is 167 cm³/mol. The molecule has 0 aliphatic heterocycles. The van der Waals surface area contributed by atoms with Gasteiger partial charge in [0, 0.05) is 36.6 Å². The molecule has 2 aliphatic carbocycles. The summed E-state index contributed by atoms with van der Waals surface area (Å²) in [4.78, 5) is 63.6. The van der Waals surface area contributed by atoms with Crippen LogP contribution >= 0.6 is 0 Å². The minimum Gasteiger partial charge on any atom is -0.646 e. The van der Waals surface area contributed by atoms with E-state index in [4.69, 9.17) is 30.6 Å². The third kappa shape index (κ3) is 22.0. The van der Waals surface area contributed by atoms with Crippen LogP contribution in [0.25, 0.3) is 31.9 Å². The molecule has 12 N–H and O–H groups in total. The van der Waals surface area contributed by atoms with Gasteiger partial charge in [0.25, 0.3) is 35.8 Å². The standard InChI is InChI=1S/2C12H18N3O9.2CH4.3Yb/c2*16-4(17)1-13-7-10(22)8(14-2-5(18)19)12(24)9(11(7)23)15-3-6(20)21;;;;;/h2*7-12,22-24H,1-3H2,(H,16,17)(H,18,19)(H,20,21);2*1H4;;;/q2*-3;;;3*+2. The van der Waals surface area contributed by atoms with Gasteiger partial charge in [0.05, 0.1) is 0 Å². The van der Waals surface area contributed by atoms with Crippen LogP contribution in [0.4, 0.5) is 0 Å². The molecule has 24 nitrogen and oxygen atoms in total. The molecule has 0 heterocycles. The van der Waals surface area contributed by atoms with E-state index in [9.17, 15) is 59.4 Å². The van der Waals surface area contributed by atoms with Crippen LogP contribution in [-0.2, 0) is 28.8 Å². The predicted octanol–water partition coefficient (Wildman–Crippen LogP) is -3.60. The van der Waals surface area contributed by atoms with Gasteiger partial charge in [-0.3, -0.25) is 28.8 Å². The van der Waals surface area contributed by atoms with Crippen molar-refractivity contribution < 1.29 is 231 Å². The molecule has 0 amide bonds. The SMILES string of the molecule is C.C.O=C(O)C[N-]C1C(O)C([N-]CC(=O)O)C(O)C([N-]CC(=O)O)C1O.O=C(O)C[N-]C1C(O)C([N-]CC(=O)O)C(O)C([N-]CC(=O)O)C1O.[Yb+2].[Yb+2].[Yb+2]. The fraction of sp³-hybridized carbons (Fsp3) is 0.769. The average molecular weight is 1250 g/mol. The first-order chi connectivity index (χ1) is 22.3.